The third-order valence-corrected chi connectivity index (χ3v) is 7.54. The number of rotatable bonds is 7. The molecule has 3 N–H and O–H groups in total. The largest absolute Gasteiger partial charge is 0.325 e. The quantitative estimate of drug-likeness (QED) is 0.470. The highest BCUT2D eigenvalue weighted by Gasteiger charge is 2.24. The molecule has 1 aromatic heterocycles. The number of para-hydroxylation sites is 1. The third kappa shape index (κ3) is 6.28. The highest BCUT2D eigenvalue weighted by Crippen LogP contribution is 2.27. The molecule has 0 spiro atoms. The number of benzene rings is 2. The Hall–Kier alpha value is -2.92. The summed E-state index contributed by atoms with van der Waals surface area (Å²) in [5.41, 5.74) is 1.65. The standard InChI is InChI=1S/C20H19ClN4O4S2/c1-25(31(28,29)19-12-11-17(21)30-19)13-18(26)22-15-7-9-16(10-8-15)24-20(27)23-14-5-3-2-4-6-14/h2-12H,13H2,1H3,(H,22,26)(H2,23,24,27). The molecular formula is C20H19ClN4O4S2. The lowest BCUT2D eigenvalue weighted by Crippen LogP contribution is -2.34. The molecule has 0 bridgehead atoms. The molecule has 8 nitrogen and oxygen atoms in total. The summed E-state index contributed by atoms with van der Waals surface area (Å²) < 4.78 is 26.3. The Bertz CT molecular complexity index is 1170. The van der Waals surface area contributed by atoms with Gasteiger partial charge < -0.3 is 16.0 Å². The van der Waals surface area contributed by atoms with Crippen molar-refractivity contribution in [1.82, 2.24) is 4.31 Å². The van der Waals surface area contributed by atoms with E-state index >= 15 is 0 Å². The maximum absolute atomic E-state index is 12.5. The zero-order chi connectivity index (χ0) is 22.4. The van der Waals surface area contributed by atoms with E-state index in [0.717, 1.165) is 15.6 Å². The van der Waals surface area contributed by atoms with Crippen LogP contribution in [0.4, 0.5) is 21.9 Å². The zero-order valence-electron chi connectivity index (χ0n) is 16.3. The molecule has 11 heteroatoms. The van der Waals surface area contributed by atoms with Gasteiger partial charge in [-0.15, -0.1) is 11.3 Å². The SMILES string of the molecule is CN(CC(=O)Nc1ccc(NC(=O)Nc2ccccc2)cc1)S(=O)(=O)c1ccc(Cl)s1. The van der Waals surface area contributed by atoms with Crippen LogP contribution in [0.2, 0.25) is 4.34 Å². The van der Waals surface area contributed by atoms with Crippen LogP contribution in [-0.4, -0.2) is 38.3 Å². The number of carbonyl (C=O) groups is 2. The van der Waals surface area contributed by atoms with Gasteiger partial charge >= 0.3 is 6.03 Å². The summed E-state index contributed by atoms with van der Waals surface area (Å²) >= 11 is 6.72. The fourth-order valence-electron chi connectivity index (χ4n) is 2.53. The molecule has 0 saturated carbocycles. The van der Waals surface area contributed by atoms with Gasteiger partial charge in [0.05, 0.1) is 10.9 Å². The maximum Gasteiger partial charge on any atom is 0.323 e. The lowest BCUT2D eigenvalue weighted by molar-refractivity contribution is -0.116. The van der Waals surface area contributed by atoms with Gasteiger partial charge in [-0.3, -0.25) is 4.79 Å². The topological polar surface area (TPSA) is 108 Å². The first-order chi connectivity index (χ1) is 14.7. The number of nitrogens with zero attached hydrogens (tertiary/aromatic N) is 1. The number of amides is 3. The van der Waals surface area contributed by atoms with Gasteiger partial charge in [0.1, 0.15) is 4.21 Å². The summed E-state index contributed by atoms with van der Waals surface area (Å²) in [4.78, 5) is 24.3. The number of halogens is 1. The van der Waals surface area contributed by atoms with Crippen molar-refractivity contribution in [3.63, 3.8) is 0 Å². The van der Waals surface area contributed by atoms with Gasteiger partial charge in [0.25, 0.3) is 10.0 Å². The van der Waals surface area contributed by atoms with Gasteiger partial charge in [-0.2, -0.15) is 4.31 Å². The van der Waals surface area contributed by atoms with E-state index in [1.165, 1.54) is 19.2 Å². The van der Waals surface area contributed by atoms with E-state index in [1.54, 1.807) is 36.4 Å². The lowest BCUT2D eigenvalue weighted by atomic mass is 10.2. The maximum atomic E-state index is 12.5. The molecule has 3 aromatic rings. The van der Waals surface area contributed by atoms with Crippen LogP contribution in [0.25, 0.3) is 0 Å². The van der Waals surface area contributed by atoms with Crippen LogP contribution in [0.3, 0.4) is 0 Å². The fraction of sp³-hybridized carbons (Fsp3) is 0.100. The Kier molecular flexibility index (Phi) is 7.29. The number of likely N-dealkylation sites (N-methyl/N-ethyl adjacent to an activating group) is 1. The minimum Gasteiger partial charge on any atom is -0.325 e. The molecule has 0 saturated heterocycles. The van der Waals surface area contributed by atoms with Crippen LogP contribution in [-0.2, 0) is 14.8 Å². The Labute approximate surface area is 188 Å². The molecule has 0 unspecified atom stereocenters. The predicted molar refractivity (Wildman–Crippen MR) is 123 cm³/mol. The van der Waals surface area contributed by atoms with Crippen molar-refractivity contribution in [1.29, 1.82) is 0 Å². The van der Waals surface area contributed by atoms with Crippen LogP contribution in [0.15, 0.2) is 70.9 Å². The number of anilines is 3. The summed E-state index contributed by atoms with van der Waals surface area (Å²) in [6.07, 6.45) is 0. The molecule has 0 fully saturated rings. The van der Waals surface area contributed by atoms with Crippen LogP contribution in [0, 0.1) is 0 Å². The van der Waals surface area contributed by atoms with Gasteiger partial charge in [-0.1, -0.05) is 29.8 Å². The lowest BCUT2D eigenvalue weighted by Gasteiger charge is -2.16. The van der Waals surface area contributed by atoms with E-state index in [4.69, 9.17) is 11.6 Å². The fourth-order valence-corrected chi connectivity index (χ4v) is 5.35. The number of urea groups is 1. The molecule has 162 valence electrons. The van der Waals surface area contributed by atoms with Crippen molar-refractivity contribution in [3.05, 3.63) is 71.1 Å². The molecule has 0 aliphatic rings. The molecule has 0 radical (unpaired) electrons. The van der Waals surface area contributed by atoms with E-state index in [0.29, 0.717) is 21.4 Å². The average molecular weight is 479 g/mol. The number of sulfonamides is 1. The molecule has 31 heavy (non-hydrogen) atoms. The van der Waals surface area contributed by atoms with Gasteiger partial charge in [0, 0.05) is 24.1 Å². The highest BCUT2D eigenvalue weighted by molar-refractivity contribution is 7.91. The van der Waals surface area contributed by atoms with E-state index in [-0.39, 0.29) is 10.8 Å². The van der Waals surface area contributed by atoms with Crippen LogP contribution < -0.4 is 16.0 Å². The van der Waals surface area contributed by atoms with Gasteiger partial charge in [-0.05, 0) is 48.5 Å². The first kappa shape index (κ1) is 22.8. The summed E-state index contributed by atoms with van der Waals surface area (Å²) in [5, 5.41) is 8.01. The number of hydrogen-bond donors (Lipinski definition) is 3. The van der Waals surface area contributed by atoms with Gasteiger partial charge in [-0.25, -0.2) is 13.2 Å². The summed E-state index contributed by atoms with van der Waals surface area (Å²) in [6.45, 7) is -0.364. The predicted octanol–water partition coefficient (Wildman–Crippen LogP) is 4.30. The van der Waals surface area contributed by atoms with Crippen LogP contribution in [0.5, 0.6) is 0 Å². The van der Waals surface area contributed by atoms with Crippen molar-refractivity contribution < 1.29 is 18.0 Å². The average Bonchev–Trinajstić information content (AvgIpc) is 3.17. The van der Waals surface area contributed by atoms with Crippen molar-refractivity contribution >= 4 is 62.0 Å². The number of nitrogens with one attached hydrogen (secondary N) is 3. The van der Waals surface area contributed by atoms with Gasteiger partial charge in [0.15, 0.2) is 0 Å². The number of thiophene rings is 1. The summed E-state index contributed by atoms with van der Waals surface area (Å²) in [6, 6.07) is 17.9. The second-order valence-corrected chi connectivity index (χ2v) is 10.4. The molecule has 2 aromatic carbocycles. The van der Waals surface area contributed by atoms with E-state index < -0.39 is 22.0 Å². The van der Waals surface area contributed by atoms with Crippen molar-refractivity contribution in [3.8, 4) is 0 Å². The summed E-state index contributed by atoms with van der Waals surface area (Å²) in [7, 11) is -2.48. The van der Waals surface area contributed by atoms with Crippen LogP contribution in [0.1, 0.15) is 0 Å². The Morgan fingerprint density at radius 1 is 0.871 bits per heavy atom. The molecule has 3 amide bonds. The smallest absolute Gasteiger partial charge is 0.323 e. The molecule has 0 aliphatic heterocycles. The number of hydrogen-bond acceptors (Lipinski definition) is 5. The Morgan fingerprint density at radius 3 is 1.97 bits per heavy atom. The molecule has 3 rings (SSSR count). The second kappa shape index (κ2) is 9.92. The normalized spacial score (nSPS) is 11.2. The number of carbonyl (C=O) groups excluding carboxylic acids is 2. The third-order valence-electron chi connectivity index (χ3n) is 4.04. The van der Waals surface area contributed by atoms with Crippen molar-refractivity contribution in [2.45, 2.75) is 4.21 Å². The molecule has 0 atom stereocenters. The minimum absolute atomic E-state index is 0.0667. The molecular weight excluding hydrogens is 460 g/mol. The zero-order valence-corrected chi connectivity index (χ0v) is 18.7. The molecule has 1 heterocycles. The van der Waals surface area contributed by atoms with E-state index in [2.05, 4.69) is 16.0 Å². The Balaban J connectivity index is 1.53. The van der Waals surface area contributed by atoms with Gasteiger partial charge in [0.2, 0.25) is 5.91 Å². The van der Waals surface area contributed by atoms with E-state index in [9.17, 15) is 18.0 Å². The Morgan fingerprint density at radius 2 is 1.42 bits per heavy atom. The minimum atomic E-state index is -3.80. The van der Waals surface area contributed by atoms with Crippen LogP contribution >= 0.6 is 22.9 Å². The van der Waals surface area contributed by atoms with Crippen molar-refractivity contribution in [2.75, 3.05) is 29.5 Å². The second-order valence-electron chi connectivity index (χ2n) is 6.39. The highest BCUT2D eigenvalue weighted by atomic mass is 35.5. The first-order valence-corrected chi connectivity index (χ1v) is 11.6. The van der Waals surface area contributed by atoms with E-state index in [1.807, 2.05) is 18.2 Å². The summed E-state index contributed by atoms with van der Waals surface area (Å²) in [5.74, 6) is -0.503. The molecule has 0 aliphatic carbocycles. The monoisotopic (exact) mass is 478 g/mol. The first-order valence-electron chi connectivity index (χ1n) is 8.99. The van der Waals surface area contributed by atoms with Crippen molar-refractivity contribution in [2.24, 2.45) is 0 Å².